The molecule has 3 aromatic rings. The predicted molar refractivity (Wildman–Crippen MR) is 127 cm³/mol. The summed E-state index contributed by atoms with van der Waals surface area (Å²) in [6, 6.07) is 12.5. The van der Waals surface area contributed by atoms with Gasteiger partial charge in [0.25, 0.3) is 5.56 Å². The van der Waals surface area contributed by atoms with Crippen molar-refractivity contribution in [2.24, 2.45) is 11.8 Å². The molecule has 5 nitrogen and oxygen atoms in total. The Morgan fingerprint density at radius 3 is 2.29 bits per heavy atom. The lowest BCUT2D eigenvalue weighted by atomic mass is 10.1. The van der Waals surface area contributed by atoms with Crippen molar-refractivity contribution < 1.29 is 4.79 Å². The number of carbonyl (C=O) groups is 1. The summed E-state index contributed by atoms with van der Waals surface area (Å²) in [4.78, 5) is 33.3. The van der Waals surface area contributed by atoms with E-state index in [0.717, 1.165) is 11.3 Å². The Morgan fingerprint density at radius 2 is 1.71 bits per heavy atom. The minimum atomic E-state index is -0.394. The summed E-state index contributed by atoms with van der Waals surface area (Å²) in [6.07, 6.45) is 0. The van der Waals surface area contributed by atoms with Crippen molar-refractivity contribution in [3.63, 3.8) is 0 Å². The van der Waals surface area contributed by atoms with E-state index in [0.29, 0.717) is 28.3 Å². The van der Waals surface area contributed by atoms with Crippen molar-refractivity contribution in [2.45, 2.75) is 47.6 Å². The van der Waals surface area contributed by atoms with Crippen LogP contribution in [0.4, 0.5) is 0 Å². The standard InChI is InChI=1S/C25H30ClN3O2/c1-15(2)14-28(24(30)16(3)4)18(6)23-27-22-13-19(26)9-12-21(22)25(31)29(23)20-10-7-17(5)8-11-20/h7-13,15-16,18H,14H2,1-6H3. The van der Waals surface area contributed by atoms with E-state index in [1.54, 1.807) is 22.8 Å². The fourth-order valence-electron chi connectivity index (χ4n) is 3.70. The largest absolute Gasteiger partial charge is 0.332 e. The summed E-state index contributed by atoms with van der Waals surface area (Å²) in [7, 11) is 0. The minimum absolute atomic E-state index is 0.0390. The van der Waals surface area contributed by atoms with Gasteiger partial charge in [-0.2, -0.15) is 0 Å². The number of rotatable bonds is 6. The average molecular weight is 440 g/mol. The highest BCUT2D eigenvalue weighted by atomic mass is 35.5. The van der Waals surface area contributed by atoms with Gasteiger partial charge in [-0.25, -0.2) is 4.98 Å². The van der Waals surface area contributed by atoms with Crippen LogP contribution < -0.4 is 5.56 Å². The highest BCUT2D eigenvalue weighted by Crippen LogP contribution is 2.26. The summed E-state index contributed by atoms with van der Waals surface area (Å²) in [5, 5.41) is 1.01. The molecule has 0 N–H and O–H groups in total. The Hall–Kier alpha value is -2.66. The summed E-state index contributed by atoms with van der Waals surface area (Å²) >= 11 is 6.19. The third-order valence-electron chi connectivity index (χ3n) is 5.33. The first-order valence-electron chi connectivity index (χ1n) is 10.7. The maximum Gasteiger partial charge on any atom is 0.266 e. The summed E-state index contributed by atoms with van der Waals surface area (Å²) in [5.74, 6) is 0.686. The number of carbonyl (C=O) groups excluding carboxylic acids is 1. The van der Waals surface area contributed by atoms with Gasteiger partial charge in [0.15, 0.2) is 0 Å². The zero-order valence-corrected chi connectivity index (χ0v) is 19.8. The second kappa shape index (κ2) is 9.23. The lowest BCUT2D eigenvalue weighted by molar-refractivity contribution is -0.137. The quantitative estimate of drug-likeness (QED) is 0.506. The Bertz CT molecular complexity index is 1150. The molecule has 1 heterocycles. The van der Waals surface area contributed by atoms with Crippen LogP contribution in [0.2, 0.25) is 5.02 Å². The summed E-state index contributed by atoms with van der Waals surface area (Å²) < 4.78 is 1.63. The van der Waals surface area contributed by atoms with Crippen molar-refractivity contribution in [2.75, 3.05) is 6.54 Å². The molecule has 0 spiro atoms. The molecule has 0 saturated carbocycles. The molecule has 0 aliphatic rings. The molecule has 6 heteroatoms. The van der Waals surface area contributed by atoms with E-state index in [1.807, 2.05) is 56.9 Å². The molecular formula is C25H30ClN3O2. The molecule has 0 fully saturated rings. The molecule has 0 aliphatic heterocycles. The Kier molecular flexibility index (Phi) is 6.85. The molecular weight excluding hydrogens is 410 g/mol. The molecule has 0 aliphatic carbocycles. The molecule has 0 bridgehead atoms. The van der Waals surface area contributed by atoms with Gasteiger partial charge in [0.2, 0.25) is 5.91 Å². The predicted octanol–water partition coefficient (Wildman–Crippen LogP) is 5.55. The summed E-state index contributed by atoms with van der Waals surface area (Å²) in [5.41, 5.74) is 2.18. The zero-order chi connectivity index (χ0) is 22.9. The van der Waals surface area contributed by atoms with Crippen LogP contribution in [-0.4, -0.2) is 26.9 Å². The molecule has 164 valence electrons. The molecule has 1 aromatic heterocycles. The third kappa shape index (κ3) is 4.82. The smallest absolute Gasteiger partial charge is 0.266 e. The van der Waals surface area contributed by atoms with Crippen molar-refractivity contribution >= 4 is 28.4 Å². The topological polar surface area (TPSA) is 55.2 Å². The number of amides is 1. The van der Waals surface area contributed by atoms with Crippen LogP contribution in [0.1, 0.15) is 52.0 Å². The molecule has 1 amide bonds. The van der Waals surface area contributed by atoms with Crippen LogP contribution >= 0.6 is 11.6 Å². The number of benzene rings is 2. The van der Waals surface area contributed by atoms with E-state index >= 15 is 0 Å². The first-order chi connectivity index (χ1) is 14.6. The lowest BCUT2D eigenvalue weighted by Gasteiger charge is -2.33. The average Bonchev–Trinajstić information content (AvgIpc) is 2.71. The van der Waals surface area contributed by atoms with Gasteiger partial charge in [-0.3, -0.25) is 14.2 Å². The maximum absolute atomic E-state index is 13.6. The zero-order valence-electron chi connectivity index (χ0n) is 19.0. The SMILES string of the molecule is Cc1ccc(-n2c(C(C)N(CC(C)C)C(=O)C(C)C)nc3cc(Cl)ccc3c2=O)cc1. The van der Waals surface area contributed by atoms with E-state index in [4.69, 9.17) is 16.6 Å². The Morgan fingerprint density at radius 1 is 1.06 bits per heavy atom. The first kappa shape index (κ1) is 23.0. The number of halogens is 1. The summed E-state index contributed by atoms with van der Waals surface area (Å²) in [6.45, 7) is 12.5. The van der Waals surface area contributed by atoms with Gasteiger partial charge in [0, 0.05) is 17.5 Å². The second-order valence-electron chi connectivity index (χ2n) is 8.82. The molecule has 1 unspecified atom stereocenters. The van der Waals surface area contributed by atoms with Crippen LogP contribution in [-0.2, 0) is 4.79 Å². The van der Waals surface area contributed by atoms with Crippen LogP contribution in [0.3, 0.4) is 0 Å². The van der Waals surface area contributed by atoms with Gasteiger partial charge in [-0.05, 0) is 50.1 Å². The van der Waals surface area contributed by atoms with Crippen molar-refractivity contribution in [1.82, 2.24) is 14.5 Å². The molecule has 0 saturated heterocycles. The molecule has 0 radical (unpaired) electrons. The van der Waals surface area contributed by atoms with Gasteiger partial charge in [0.05, 0.1) is 22.6 Å². The van der Waals surface area contributed by atoms with E-state index in [1.165, 1.54) is 0 Å². The van der Waals surface area contributed by atoms with Crippen LogP contribution in [0.5, 0.6) is 0 Å². The van der Waals surface area contributed by atoms with Crippen LogP contribution in [0.25, 0.3) is 16.6 Å². The van der Waals surface area contributed by atoms with Gasteiger partial charge in [-0.1, -0.05) is 57.0 Å². The molecule has 31 heavy (non-hydrogen) atoms. The number of hydrogen-bond acceptors (Lipinski definition) is 3. The fourth-order valence-corrected chi connectivity index (χ4v) is 3.87. The van der Waals surface area contributed by atoms with Crippen molar-refractivity contribution in [3.05, 3.63) is 69.2 Å². The van der Waals surface area contributed by atoms with Gasteiger partial charge < -0.3 is 4.90 Å². The third-order valence-corrected chi connectivity index (χ3v) is 5.56. The highest BCUT2D eigenvalue weighted by molar-refractivity contribution is 6.31. The monoisotopic (exact) mass is 439 g/mol. The Balaban J connectivity index is 2.29. The molecule has 3 rings (SSSR count). The van der Waals surface area contributed by atoms with Gasteiger partial charge in [0.1, 0.15) is 5.82 Å². The number of nitrogens with zero attached hydrogens (tertiary/aromatic N) is 3. The molecule has 2 aromatic carbocycles. The van der Waals surface area contributed by atoms with Gasteiger partial charge in [-0.15, -0.1) is 0 Å². The van der Waals surface area contributed by atoms with Crippen molar-refractivity contribution in [3.8, 4) is 5.69 Å². The number of fused-ring (bicyclic) bond motifs is 1. The molecule has 1 atom stereocenters. The lowest BCUT2D eigenvalue weighted by Crippen LogP contribution is -2.41. The van der Waals surface area contributed by atoms with Crippen molar-refractivity contribution in [1.29, 1.82) is 0 Å². The fraction of sp³-hybridized carbons (Fsp3) is 0.400. The number of aryl methyl sites for hydroxylation is 1. The van der Waals surface area contributed by atoms with Crippen LogP contribution in [0, 0.1) is 18.8 Å². The second-order valence-corrected chi connectivity index (χ2v) is 9.26. The van der Waals surface area contributed by atoms with E-state index < -0.39 is 6.04 Å². The van der Waals surface area contributed by atoms with Gasteiger partial charge >= 0.3 is 0 Å². The van der Waals surface area contributed by atoms with Crippen LogP contribution in [0.15, 0.2) is 47.3 Å². The first-order valence-corrected chi connectivity index (χ1v) is 11.1. The van der Waals surface area contributed by atoms with E-state index in [9.17, 15) is 9.59 Å². The van der Waals surface area contributed by atoms with E-state index in [2.05, 4.69) is 13.8 Å². The minimum Gasteiger partial charge on any atom is -0.332 e. The number of aromatic nitrogens is 2. The Labute approximate surface area is 188 Å². The van der Waals surface area contributed by atoms with E-state index in [-0.39, 0.29) is 23.3 Å². The number of hydrogen-bond donors (Lipinski definition) is 0. The normalized spacial score (nSPS) is 12.5. The highest BCUT2D eigenvalue weighted by Gasteiger charge is 2.28. The maximum atomic E-state index is 13.6.